The summed E-state index contributed by atoms with van der Waals surface area (Å²) in [6.45, 7) is 1.47. The molecule has 2 saturated carbocycles. The SMILES string of the molecule is O=C(O)c1cc(CO)c2cc(N3CCC4(CC3)CC(Cc3c(-c5ccccc5C(F)(F)F)noc3C3CC3)C4)ccc2n1. The lowest BCUT2D eigenvalue weighted by molar-refractivity contribution is -0.137. The number of aliphatic hydroxyl groups is 1. The Bertz CT molecular complexity index is 1700. The van der Waals surface area contributed by atoms with Gasteiger partial charge in [0.2, 0.25) is 0 Å². The van der Waals surface area contributed by atoms with Crippen LogP contribution < -0.4 is 4.90 Å². The van der Waals surface area contributed by atoms with Gasteiger partial charge in [-0.3, -0.25) is 0 Å². The maximum absolute atomic E-state index is 13.8. The number of anilines is 1. The molecule has 1 saturated heterocycles. The number of halogens is 3. The van der Waals surface area contributed by atoms with Crippen LogP contribution in [-0.4, -0.2) is 39.4 Å². The standard InChI is InChI=1S/C33H32F3N3O4/c34-33(35,36)26-4-2-1-3-23(26)29-25(30(43-38-29)20-5-6-20)13-19-16-32(17-19)9-11-39(12-10-32)22-7-8-27-24(15-22)21(18-40)14-28(37-27)31(41)42/h1-4,7-8,14-15,19-20,40H,5-6,9-13,16-18H2,(H,41,42). The minimum absolute atomic E-state index is 0.0871. The van der Waals surface area contributed by atoms with Crippen LogP contribution in [0, 0.1) is 11.3 Å². The van der Waals surface area contributed by atoms with Gasteiger partial charge in [-0.1, -0.05) is 23.4 Å². The Labute approximate surface area is 246 Å². The Morgan fingerprint density at radius 1 is 1.07 bits per heavy atom. The van der Waals surface area contributed by atoms with Crippen molar-refractivity contribution in [2.45, 2.75) is 63.6 Å². The number of aromatic carboxylic acids is 1. The highest BCUT2D eigenvalue weighted by Crippen LogP contribution is 2.55. The lowest BCUT2D eigenvalue weighted by Gasteiger charge is -2.53. The summed E-state index contributed by atoms with van der Waals surface area (Å²) in [4.78, 5) is 18.0. The molecule has 2 aromatic carbocycles. The van der Waals surface area contributed by atoms with Gasteiger partial charge in [-0.05, 0) is 92.2 Å². The third-order valence-electron chi connectivity index (χ3n) is 9.65. The quantitative estimate of drug-likeness (QED) is 0.234. The van der Waals surface area contributed by atoms with Crippen LogP contribution in [0.3, 0.4) is 0 Å². The van der Waals surface area contributed by atoms with E-state index in [0.717, 1.165) is 80.1 Å². The highest BCUT2D eigenvalue weighted by Gasteiger charge is 2.47. The van der Waals surface area contributed by atoms with Gasteiger partial charge in [0.15, 0.2) is 0 Å². The van der Waals surface area contributed by atoms with E-state index in [1.165, 1.54) is 18.2 Å². The molecule has 2 aromatic heterocycles. The van der Waals surface area contributed by atoms with E-state index in [-0.39, 0.29) is 29.2 Å². The predicted octanol–water partition coefficient (Wildman–Crippen LogP) is 7.22. The monoisotopic (exact) mass is 591 g/mol. The van der Waals surface area contributed by atoms with E-state index >= 15 is 0 Å². The third-order valence-corrected chi connectivity index (χ3v) is 9.65. The highest BCUT2D eigenvalue weighted by atomic mass is 19.4. The molecule has 2 aliphatic carbocycles. The summed E-state index contributed by atoms with van der Waals surface area (Å²) in [6.07, 6.45) is 2.29. The normalized spacial score (nSPS) is 18.7. The summed E-state index contributed by atoms with van der Waals surface area (Å²) in [6, 6.07) is 12.8. The van der Waals surface area contributed by atoms with Gasteiger partial charge in [-0.2, -0.15) is 13.2 Å². The minimum Gasteiger partial charge on any atom is -0.477 e. The average molecular weight is 592 g/mol. The zero-order valence-electron chi connectivity index (χ0n) is 23.5. The second-order valence-corrected chi connectivity index (χ2v) is 12.5. The average Bonchev–Trinajstić information content (AvgIpc) is 3.75. The van der Waals surface area contributed by atoms with Crippen molar-refractivity contribution in [3.8, 4) is 11.3 Å². The summed E-state index contributed by atoms with van der Waals surface area (Å²) in [7, 11) is 0. The first-order chi connectivity index (χ1) is 20.6. The first-order valence-electron chi connectivity index (χ1n) is 14.8. The maximum atomic E-state index is 13.8. The zero-order valence-corrected chi connectivity index (χ0v) is 23.5. The smallest absolute Gasteiger partial charge is 0.417 e. The number of carboxylic acid groups (broad SMARTS) is 1. The predicted molar refractivity (Wildman–Crippen MR) is 154 cm³/mol. The molecule has 224 valence electrons. The van der Waals surface area contributed by atoms with Gasteiger partial charge in [0.1, 0.15) is 17.1 Å². The van der Waals surface area contributed by atoms with Crippen LogP contribution in [0.2, 0.25) is 0 Å². The molecule has 2 N–H and O–H groups in total. The number of nitrogens with zero attached hydrogens (tertiary/aromatic N) is 3. The first-order valence-corrected chi connectivity index (χ1v) is 14.8. The molecule has 0 bridgehead atoms. The van der Waals surface area contributed by atoms with Crippen molar-refractivity contribution in [3.63, 3.8) is 0 Å². The topological polar surface area (TPSA) is 99.7 Å². The lowest BCUT2D eigenvalue weighted by Crippen LogP contribution is -2.47. The molecule has 0 unspecified atom stereocenters. The van der Waals surface area contributed by atoms with Crippen LogP contribution in [0.1, 0.15) is 77.4 Å². The molecule has 43 heavy (non-hydrogen) atoms. The molecule has 4 aromatic rings. The summed E-state index contributed by atoms with van der Waals surface area (Å²) >= 11 is 0. The van der Waals surface area contributed by atoms with Crippen LogP contribution in [-0.2, 0) is 19.2 Å². The van der Waals surface area contributed by atoms with Gasteiger partial charge >= 0.3 is 12.1 Å². The number of aliphatic hydroxyl groups excluding tert-OH is 1. The van der Waals surface area contributed by atoms with Gasteiger partial charge in [0, 0.05) is 41.2 Å². The molecule has 3 fully saturated rings. The van der Waals surface area contributed by atoms with Crippen molar-refractivity contribution in [2.75, 3.05) is 18.0 Å². The summed E-state index contributed by atoms with van der Waals surface area (Å²) in [5.41, 5.74) is 2.85. The Balaban J connectivity index is 1.05. The van der Waals surface area contributed by atoms with Gasteiger partial charge in [-0.15, -0.1) is 0 Å². The fourth-order valence-corrected chi connectivity index (χ4v) is 7.30. The molecule has 7 rings (SSSR count). The van der Waals surface area contributed by atoms with E-state index in [1.807, 2.05) is 18.2 Å². The summed E-state index contributed by atoms with van der Waals surface area (Å²) in [5.74, 6) is 0.274. The largest absolute Gasteiger partial charge is 0.477 e. The fraction of sp³-hybridized carbons (Fsp3) is 0.424. The molecule has 10 heteroatoms. The van der Waals surface area contributed by atoms with E-state index in [9.17, 15) is 28.2 Å². The fourth-order valence-electron chi connectivity index (χ4n) is 7.30. The van der Waals surface area contributed by atoms with Crippen molar-refractivity contribution >= 4 is 22.6 Å². The Hall–Kier alpha value is -3.92. The summed E-state index contributed by atoms with van der Waals surface area (Å²) in [5, 5.41) is 24.1. The number of aromatic nitrogens is 2. The van der Waals surface area contributed by atoms with E-state index < -0.39 is 17.7 Å². The zero-order chi connectivity index (χ0) is 29.9. The number of rotatable bonds is 7. The van der Waals surface area contributed by atoms with Crippen LogP contribution in [0.4, 0.5) is 18.9 Å². The van der Waals surface area contributed by atoms with Crippen molar-refractivity contribution < 1.29 is 32.7 Å². The number of carbonyl (C=O) groups is 1. The molecular weight excluding hydrogens is 559 g/mol. The molecule has 3 aliphatic rings. The first kappa shape index (κ1) is 27.9. The second kappa shape index (κ2) is 10.4. The van der Waals surface area contributed by atoms with Crippen molar-refractivity contribution in [3.05, 3.63) is 76.7 Å². The number of hydrogen-bond acceptors (Lipinski definition) is 6. The Morgan fingerprint density at radius 3 is 2.49 bits per heavy atom. The molecular formula is C33H32F3N3O4. The molecule has 3 heterocycles. The Morgan fingerprint density at radius 2 is 1.81 bits per heavy atom. The number of carboxylic acids is 1. The van der Waals surface area contributed by atoms with Crippen molar-refractivity contribution in [1.82, 2.24) is 10.1 Å². The minimum atomic E-state index is -4.47. The number of alkyl halides is 3. The van der Waals surface area contributed by atoms with Crippen LogP contribution in [0.15, 0.2) is 53.1 Å². The number of pyridine rings is 1. The lowest BCUT2D eigenvalue weighted by atomic mass is 9.56. The number of piperidine rings is 1. The highest BCUT2D eigenvalue weighted by molar-refractivity contribution is 5.92. The maximum Gasteiger partial charge on any atom is 0.417 e. The van der Waals surface area contributed by atoms with Crippen LogP contribution >= 0.6 is 0 Å². The summed E-state index contributed by atoms with van der Waals surface area (Å²) < 4.78 is 47.2. The number of benzene rings is 2. The molecule has 0 radical (unpaired) electrons. The Kier molecular flexibility index (Phi) is 6.72. The molecule has 0 atom stereocenters. The van der Waals surface area contributed by atoms with Gasteiger partial charge < -0.3 is 19.6 Å². The number of fused-ring (bicyclic) bond motifs is 1. The van der Waals surface area contributed by atoms with E-state index in [0.29, 0.717) is 29.1 Å². The van der Waals surface area contributed by atoms with Crippen molar-refractivity contribution in [1.29, 1.82) is 0 Å². The van der Waals surface area contributed by atoms with Crippen LogP contribution in [0.25, 0.3) is 22.2 Å². The van der Waals surface area contributed by atoms with E-state index in [4.69, 9.17) is 4.52 Å². The van der Waals surface area contributed by atoms with Gasteiger partial charge in [-0.25, -0.2) is 9.78 Å². The molecule has 1 aliphatic heterocycles. The van der Waals surface area contributed by atoms with Gasteiger partial charge in [0.25, 0.3) is 0 Å². The van der Waals surface area contributed by atoms with Gasteiger partial charge in [0.05, 0.1) is 17.7 Å². The molecule has 7 nitrogen and oxygen atoms in total. The molecule has 0 amide bonds. The van der Waals surface area contributed by atoms with E-state index in [2.05, 4.69) is 15.0 Å². The van der Waals surface area contributed by atoms with Crippen molar-refractivity contribution in [2.24, 2.45) is 11.3 Å². The second-order valence-electron chi connectivity index (χ2n) is 12.5. The number of hydrogen-bond donors (Lipinski definition) is 2. The third kappa shape index (κ3) is 5.15. The molecule has 1 spiro atoms. The van der Waals surface area contributed by atoms with Crippen LogP contribution in [0.5, 0.6) is 0 Å². The van der Waals surface area contributed by atoms with E-state index in [1.54, 1.807) is 6.07 Å².